The quantitative estimate of drug-likeness (QED) is 0.757. The van der Waals surface area contributed by atoms with Gasteiger partial charge in [0.05, 0.1) is 11.5 Å². The van der Waals surface area contributed by atoms with Crippen molar-refractivity contribution in [3.8, 4) is 0 Å². The maximum atomic E-state index is 11.8. The van der Waals surface area contributed by atoms with Crippen molar-refractivity contribution >= 4 is 11.6 Å². The molecular weight excluding hydrogens is 228 g/mol. The zero-order valence-electron chi connectivity index (χ0n) is 11.1. The summed E-state index contributed by atoms with van der Waals surface area (Å²) in [5.41, 5.74) is 2.17. The highest BCUT2D eigenvalue weighted by molar-refractivity contribution is 6.05. The third-order valence-corrected chi connectivity index (χ3v) is 3.59. The summed E-state index contributed by atoms with van der Waals surface area (Å²) in [6, 6.07) is 5.69. The maximum Gasteiger partial charge on any atom is 0.234 e. The Morgan fingerprint density at radius 1 is 1.44 bits per heavy atom. The van der Waals surface area contributed by atoms with E-state index in [1.54, 1.807) is 0 Å². The van der Waals surface area contributed by atoms with Gasteiger partial charge in [-0.05, 0) is 51.1 Å². The molecule has 3 N–H and O–H groups in total. The maximum absolute atomic E-state index is 11.8. The SMILES string of the molecule is CNCCC(O)c1ccc2c(c1)C(C)(C)C(=O)N2. The molecule has 2 rings (SSSR count). The number of rotatable bonds is 4. The first-order valence-electron chi connectivity index (χ1n) is 6.25. The van der Waals surface area contributed by atoms with Crippen LogP contribution in [-0.2, 0) is 10.2 Å². The Balaban J connectivity index is 2.28. The third-order valence-electron chi connectivity index (χ3n) is 3.59. The molecule has 1 aromatic carbocycles. The van der Waals surface area contributed by atoms with Crippen molar-refractivity contribution in [1.29, 1.82) is 0 Å². The monoisotopic (exact) mass is 248 g/mol. The highest BCUT2D eigenvalue weighted by Crippen LogP contribution is 2.38. The standard InChI is InChI=1S/C14H20N2O2/c1-14(2)10-8-9(12(17)6-7-15-3)4-5-11(10)16-13(14)18/h4-5,8,12,15,17H,6-7H2,1-3H3,(H,16,18). The topological polar surface area (TPSA) is 61.4 Å². The fraction of sp³-hybridized carbons (Fsp3) is 0.500. The van der Waals surface area contributed by atoms with Gasteiger partial charge in [-0.1, -0.05) is 12.1 Å². The van der Waals surface area contributed by atoms with E-state index in [9.17, 15) is 9.90 Å². The summed E-state index contributed by atoms with van der Waals surface area (Å²) < 4.78 is 0. The highest BCUT2D eigenvalue weighted by atomic mass is 16.3. The van der Waals surface area contributed by atoms with Crippen molar-refractivity contribution < 1.29 is 9.90 Å². The average Bonchev–Trinajstić information content (AvgIpc) is 2.57. The minimum absolute atomic E-state index is 0.0133. The molecule has 0 aromatic heterocycles. The lowest BCUT2D eigenvalue weighted by Crippen LogP contribution is -2.27. The van der Waals surface area contributed by atoms with Crippen LogP contribution < -0.4 is 10.6 Å². The molecule has 0 radical (unpaired) electrons. The molecular formula is C14H20N2O2. The molecule has 0 fully saturated rings. The summed E-state index contributed by atoms with van der Waals surface area (Å²) in [4.78, 5) is 11.8. The van der Waals surface area contributed by atoms with Crippen molar-refractivity contribution in [2.45, 2.75) is 31.8 Å². The zero-order valence-corrected chi connectivity index (χ0v) is 11.1. The Bertz CT molecular complexity index is 469. The number of fused-ring (bicyclic) bond motifs is 1. The molecule has 98 valence electrons. The second kappa shape index (κ2) is 4.71. The number of benzene rings is 1. The van der Waals surface area contributed by atoms with Gasteiger partial charge in [0.1, 0.15) is 0 Å². The van der Waals surface area contributed by atoms with Crippen LogP contribution in [0.2, 0.25) is 0 Å². The summed E-state index contributed by atoms with van der Waals surface area (Å²) in [7, 11) is 1.86. The number of hydrogen-bond acceptors (Lipinski definition) is 3. The van der Waals surface area contributed by atoms with E-state index < -0.39 is 11.5 Å². The fourth-order valence-corrected chi connectivity index (χ4v) is 2.24. The Morgan fingerprint density at radius 2 is 2.17 bits per heavy atom. The molecule has 1 aromatic rings. The van der Waals surface area contributed by atoms with Crippen LogP contribution in [-0.4, -0.2) is 24.6 Å². The minimum Gasteiger partial charge on any atom is -0.388 e. The van der Waals surface area contributed by atoms with E-state index >= 15 is 0 Å². The number of aliphatic hydroxyl groups excluding tert-OH is 1. The van der Waals surface area contributed by atoms with Crippen LogP contribution in [0.3, 0.4) is 0 Å². The summed E-state index contributed by atoms with van der Waals surface area (Å²) >= 11 is 0. The van der Waals surface area contributed by atoms with Crippen molar-refractivity contribution in [2.75, 3.05) is 18.9 Å². The largest absolute Gasteiger partial charge is 0.388 e. The number of carbonyl (C=O) groups is 1. The van der Waals surface area contributed by atoms with E-state index in [4.69, 9.17) is 0 Å². The van der Waals surface area contributed by atoms with Gasteiger partial charge in [-0.3, -0.25) is 4.79 Å². The molecule has 4 heteroatoms. The summed E-state index contributed by atoms with van der Waals surface area (Å²) in [5.74, 6) is 0.0133. The van der Waals surface area contributed by atoms with E-state index in [2.05, 4.69) is 10.6 Å². The van der Waals surface area contributed by atoms with Crippen LogP contribution >= 0.6 is 0 Å². The molecule has 0 saturated carbocycles. The smallest absolute Gasteiger partial charge is 0.234 e. The lowest BCUT2D eigenvalue weighted by molar-refractivity contribution is -0.119. The van der Waals surface area contributed by atoms with Crippen LogP contribution in [0.4, 0.5) is 5.69 Å². The number of carbonyl (C=O) groups excluding carboxylic acids is 1. The van der Waals surface area contributed by atoms with Crippen LogP contribution in [0.1, 0.15) is 37.5 Å². The highest BCUT2D eigenvalue weighted by Gasteiger charge is 2.38. The number of anilines is 1. The van der Waals surface area contributed by atoms with Gasteiger partial charge in [-0.25, -0.2) is 0 Å². The molecule has 1 aliphatic rings. The molecule has 18 heavy (non-hydrogen) atoms. The van der Waals surface area contributed by atoms with E-state index in [0.29, 0.717) is 6.42 Å². The summed E-state index contributed by atoms with van der Waals surface area (Å²) in [5, 5.41) is 16.0. The number of hydrogen-bond donors (Lipinski definition) is 3. The minimum atomic E-state index is -0.520. The van der Waals surface area contributed by atoms with Crippen molar-refractivity contribution in [3.63, 3.8) is 0 Å². The molecule has 0 aliphatic carbocycles. The fourth-order valence-electron chi connectivity index (χ4n) is 2.24. The second-order valence-corrected chi connectivity index (χ2v) is 5.29. The average molecular weight is 248 g/mol. The molecule has 1 aliphatic heterocycles. The molecule has 0 saturated heterocycles. The first kappa shape index (κ1) is 13.1. The van der Waals surface area contributed by atoms with E-state index in [-0.39, 0.29) is 5.91 Å². The molecule has 1 heterocycles. The lowest BCUT2D eigenvalue weighted by Gasteiger charge is -2.17. The Labute approximate surface area is 107 Å². The number of nitrogens with one attached hydrogen (secondary N) is 2. The Hall–Kier alpha value is -1.39. The lowest BCUT2D eigenvalue weighted by atomic mass is 9.85. The van der Waals surface area contributed by atoms with Gasteiger partial charge in [0.15, 0.2) is 0 Å². The molecule has 4 nitrogen and oxygen atoms in total. The molecule has 1 atom stereocenters. The van der Waals surface area contributed by atoms with Gasteiger partial charge < -0.3 is 15.7 Å². The van der Waals surface area contributed by atoms with Gasteiger partial charge in [0, 0.05) is 5.69 Å². The van der Waals surface area contributed by atoms with Crippen LogP contribution in [0.5, 0.6) is 0 Å². The van der Waals surface area contributed by atoms with Crippen LogP contribution in [0.25, 0.3) is 0 Å². The van der Waals surface area contributed by atoms with Gasteiger partial charge in [0.25, 0.3) is 0 Å². The number of amides is 1. The van der Waals surface area contributed by atoms with Gasteiger partial charge in [0.2, 0.25) is 5.91 Å². The predicted octanol–water partition coefficient (Wildman–Crippen LogP) is 1.56. The van der Waals surface area contributed by atoms with Crippen molar-refractivity contribution in [2.24, 2.45) is 0 Å². The third kappa shape index (κ3) is 2.13. The second-order valence-electron chi connectivity index (χ2n) is 5.29. The Morgan fingerprint density at radius 3 is 2.83 bits per heavy atom. The first-order chi connectivity index (χ1) is 8.46. The predicted molar refractivity (Wildman–Crippen MR) is 71.6 cm³/mol. The van der Waals surface area contributed by atoms with E-state index in [1.165, 1.54) is 0 Å². The van der Waals surface area contributed by atoms with E-state index in [0.717, 1.165) is 23.4 Å². The van der Waals surface area contributed by atoms with Crippen molar-refractivity contribution in [1.82, 2.24) is 5.32 Å². The first-order valence-corrected chi connectivity index (χ1v) is 6.25. The van der Waals surface area contributed by atoms with Gasteiger partial charge in [-0.15, -0.1) is 0 Å². The summed E-state index contributed by atoms with van der Waals surface area (Å²) in [6.07, 6.45) is 0.172. The van der Waals surface area contributed by atoms with Gasteiger partial charge in [-0.2, -0.15) is 0 Å². The van der Waals surface area contributed by atoms with Crippen LogP contribution in [0.15, 0.2) is 18.2 Å². The van der Waals surface area contributed by atoms with Crippen molar-refractivity contribution in [3.05, 3.63) is 29.3 Å². The zero-order chi connectivity index (χ0) is 13.3. The molecule has 1 amide bonds. The Kier molecular flexibility index (Phi) is 3.41. The molecule has 0 spiro atoms. The summed E-state index contributed by atoms with van der Waals surface area (Å²) in [6.45, 7) is 4.56. The van der Waals surface area contributed by atoms with Gasteiger partial charge >= 0.3 is 0 Å². The van der Waals surface area contributed by atoms with Crippen LogP contribution in [0, 0.1) is 0 Å². The molecule has 1 unspecified atom stereocenters. The normalized spacial score (nSPS) is 18.3. The molecule has 0 bridgehead atoms. The number of aliphatic hydroxyl groups is 1. The van der Waals surface area contributed by atoms with E-state index in [1.807, 2.05) is 39.1 Å².